The minimum absolute atomic E-state index is 0.748. The van der Waals surface area contributed by atoms with Crippen molar-refractivity contribution in [3.05, 3.63) is 41.0 Å². The van der Waals surface area contributed by atoms with Gasteiger partial charge < -0.3 is 10.1 Å². The highest BCUT2D eigenvalue weighted by atomic mass is 16.5. The lowest BCUT2D eigenvalue weighted by Gasteiger charge is -2.27. The lowest BCUT2D eigenvalue weighted by Crippen LogP contribution is -2.39. The van der Waals surface area contributed by atoms with Crippen LogP contribution in [0.3, 0.4) is 0 Å². The Morgan fingerprint density at radius 1 is 1.15 bits per heavy atom. The summed E-state index contributed by atoms with van der Waals surface area (Å²) in [6.07, 6.45) is 3.09. The number of para-hydroxylation sites is 2. The number of imidazole rings is 1. The average molecular weight is 361 g/mol. The van der Waals surface area contributed by atoms with Crippen LogP contribution in [0, 0.1) is 11.3 Å². The van der Waals surface area contributed by atoms with E-state index in [2.05, 4.69) is 26.8 Å². The Labute approximate surface area is 158 Å². The second kappa shape index (κ2) is 6.84. The molecule has 1 aliphatic heterocycles. The van der Waals surface area contributed by atoms with Crippen LogP contribution in [0.5, 0.6) is 0 Å². The molecule has 1 N–H and O–H groups in total. The summed E-state index contributed by atoms with van der Waals surface area (Å²) in [5, 5.41) is 13.5. The SMILES string of the molecule is N#Cc1c2c(c(NCCN3CCOCC3)n3c1nc1ccccc13)CCC2. The Morgan fingerprint density at radius 3 is 2.81 bits per heavy atom. The van der Waals surface area contributed by atoms with Crippen molar-refractivity contribution in [2.45, 2.75) is 19.3 Å². The largest absolute Gasteiger partial charge is 0.379 e. The molecule has 1 fully saturated rings. The fourth-order valence-corrected chi connectivity index (χ4v) is 4.43. The van der Waals surface area contributed by atoms with Crippen molar-refractivity contribution < 1.29 is 4.74 Å². The molecule has 2 aliphatic rings. The number of morpholine rings is 1. The number of aromatic nitrogens is 2. The molecule has 0 atom stereocenters. The van der Waals surface area contributed by atoms with Gasteiger partial charge in [0.05, 0.1) is 29.8 Å². The van der Waals surface area contributed by atoms with Crippen LogP contribution >= 0.6 is 0 Å². The van der Waals surface area contributed by atoms with E-state index in [1.165, 1.54) is 11.1 Å². The lowest BCUT2D eigenvalue weighted by atomic mass is 10.1. The molecule has 6 nitrogen and oxygen atoms in total. The zero-order chi connectivity index (χ0) is 18.2. The zero-order valence-corrected chi connectivity index (χ0v) is 15.4. The molecule has 0 radical (unpaired) electrons. The number of nitriles is 1. The third kappa shape index (κ3) is 2.75. The van der Waals surface area contributed by atoms with Crippen LogP contribution in [0.1, 0.15) is 23.1 Å². The maximum atomic E-state index is 9.82. The second-order valence-electron chi connectivity index (χ2n) is 7.29. The molecule has 1 saturated heterocycles. The van der Waals surface area contributed by atoms with Gasteiger partial charge in [-0.05, 0) is 42.5 Å². The topological polar surface area (TPSA) is 65.6 Å². The van der Waals surface area contributed by atoms with Crippen LogP contribution in [0.25, 0.3) is 16.7 Å². The fraction of sp³-hybridized carbons (Fsp3) is 0.429. The first kappa shape index (κ1) is 16.5. The predicted octanol–water partition coefficient (Wildman–Crippen LogP) is 2.59. The van der Waals surface area contributed by atoms with Crippen LogP contribution < -0.4 is 5.32 Å². The molecule has 3 aromatic rings. The number of ether oxygens (including phenoxy) is 1. The van der Waals surface area contributed by atoms with E-state index in [1.807, 2.05) is 18.2 Å². The smallest absolute Gasteiger partial charge is 0.157 e. The summed E-state index contributed by atoms with van der Waals surface area (Å²) in [6, 6.07) is 10.6. The number of fused-ring (bicyclic) bond motifs is 4. The molecule has 0 saturated carbocycles. The second-order valence-corrected chi connectivity index (χ2v) is 7.29. The van der Waals surface area contributed by atoms with Crippen molar-refractivity contribution in [3.8, 4) is 6.07 Å². The molecule has 1 aliphatic carbocycles. The van der Waals surface area contributed by atoms with Crippen LogP contribution in [-0.2, 0) is 17.6 Å². The number of hydrogen-bond acceptors (Lipinski definition) is 5. The summed E-state index contributed by atoms with van der Waals surface area (Å²) in [4.78, 5) is 7.23. The van der Waals surface area contributed by atoms with Crippen molar-refractivity contribution in [1.29, 1.82) is 5.26 Å². The van der Waals surface area contributed by atoms with Gasteiger partial charge in [0, 0.05) is 26.2 Å². The first-order valence-electron chi connectivity index (χ1n) is 9.76. The third-order valence-electron chi connectivity index (χ3n) is 5.75. The third-order valence-corrected chi connectivity index (χ3v) is 5.75. The molecule has 6 heteroatoms. The van der Waals surface area contributed by atoms with Gasteiger partial charge in [0.25, 0.3) is 0 Å². The summed E-state index contributed by atoms with van der Waals surface area (Å²) in [5.74, 6) is 1.12. The van der Waals surface area contributed by atoms with E-state index in [9.17, 15) is 5.26 Å². The van der Waals surface area contributed by atoms with Gasteiger partial charge in [0.2, 0.25) is 0 Å². The predicted molar refractivity (Wildman–Crippen MR) is 105 cm³/mol. The van der Waals surface area contributed by atoms with Crippen molar-refractivity contribution in [3.63, 3.8) is 0 Å². The van der Waals surface area contributed by atoms with Crippen molar-refractivity contribution in [1.82, 2.24) is 14.3 Å². The van der Waals surface area contributed by atoms with Gasteiger partial charge in [-0.25, -0.2) is 4.98 Å². The number of benzene rings is 1. The number of nitrogens with one attached hydrogen (secondary N) is 1. The monoisotopic (exact) mass is 361 g/mol. The minimum atomic E-state index is 0.748. The highest BCUT2D eigenvalue weighted by Gasteiger charge is 2.25. The van der Waals surface area contributed by atoms with Gasteiger partial charge in [-0.15, -0.1) is 0 Å². The van der Waals surface area contributed by atoms with Crippen LogP contribution in [0.2, 0.25) is 0 Å². The van der Waals surface area contributed by atoms with Gasteiger partial charge in [-0.2, -0.15) is 5.26 Å². The minimum Gasteiger partial charge on any atom is -0.379 e. The molecule has 138 valence electrons. The number of pyridine rings is 1. The number of hydrogen-bond donors (Lipinski definition) is 1. The summed E-state index contributed by atoms with van der Waals surface area (Å²) >= 11 is 0. The Morgan fingerprint density at radius 2 is 1.96 bits per heavy atom. The molecule has 0 spiro atoms. The van der Waals surface area contributed by atoms with E-state index >= 15 is 0 Å². The quantitative estimate of drug-likeness (QED) is 0.774. The molecule has 0 unspecified atom stereocenters. The number of anilines is 1. The molecule has 3 heterocycles. The standard InChI is InChI=1S/C21H23N5O/c22-14-17-15-4-3-5-16(15)20(23-8-9-25-10-12-27-13-11-25)26-19-7-2-1-6-18(19)24-21(17)26/h1-2,6-7,23H,3-5,8-13H2. The Hall–Kier alpha value is -2.62. The van der Waals surface area contributed by atoms with Crippen LogP contribution in [0.4, 0.5) is 5.82 Å². The molecule has 27 heavy (non-hydrogen) atoms. The molecule has 5 rings (SSSR count). The normalized spacial score (nSPS) is 17.3. The van der Waals surface area contributed by atoms with Gasteiger partial charge in [0.1, 0.15) is 11.9 Å². The van der Waals surface area contributed by atoms with Gasteiger partial charge >= 0.3 is 0 Å². The van der Waals surface area contributed by atoms with E-state index in [1.54, 1.807) is 0 Å². The highest BCUT2D eigenvalue weighted by Crippen LogP contribution is 2.36. The lowest BCUT2D eigenvalue weighted by molar-refractivity contribution is 0.0398. The maximum absolute atomic E-state index is 9.82. The van der Waals surface area contributed by atoms with E-state index in [-0.39, 0.29) is 0 Å². The molecule has 0 amide bonds. The van der Waals surface area contributed by atoms with Gasteiger partial charge in [0.15, 0.2) is 5.65 Å². The van der Waals surface area contributed by atoms with E-state index in [0.29, 0.717) is 0 Å². The summed E-state index contributed by atoms with van der Waals surface area (Å²) in [7, 11) is 0. The Kier molecular flexibility index (Phi) is 4.19. The van der Waals surface area contributed by atoms with E-state index in [0.717, 1.165) is 86.7 Å². The summed E-state index contributed by atoms with van der Waals surface area (Å²) in [5.41, 5.74) is 6.02. The van der Waals surface area contributed by atoms with Gasteiger partial charge in [-0.3, -0.25) is 9.30 Å². The van der Waals surface area contributed by atoms with E-state index in [4.69, 9.17) is 9.72 Å². The Balaban J connectivity index is 1.58. The van der Waals surface area contributed by atoms with Crippen LogP contribution in [0.15, 0.2) is 24.3 Å². The number of rotatable bonds is 4. The molecular formula is C21H23N5O. The zero-order valence-electron chi connectivity index (χ0n) is 15.4. The fourth-order valence-electron chi connectivity index (χ4n) is 4.43. The molecule has 1 aromatic carbocycles. The maximum Gasteiger partial charge on any atom is 0.157 e. The molecule has 0 bridgehead atoms. The van der Waals surface area contributed by atoms with Gasteiger partial charge in [-0.1, -0.05) is 12.1 Å². The average Bonchev–Trinajstić information content (AvgIpc) is 3.33. The van der Waals surface area contributed by atoms with Crippen molar-refractivity contribution in [2.75, 3.05) is 44.7 Å². The molecular weight excluding hydrogens is 338 g/mol. The number of nitrogens with zero attached hydrogens (tertiary/aromatic N) is 4. The summed E-state index contributed by atoms with van der Waals surface area (Å²) in [6.45, 7) is 5.50. The highest BCUT2D eigenvalue weighted by molar-refractivity contribution is 5.86. The summed E-state index contributed by atoms with van der Waals surface area (Å²) < 4.78 is 7.60. The van der Waals surface area contributed by atoms with Crippen molar-refractivity contribution >= 4 is 22.5 Å². The van der Waals surface area contributed by atoms with E-state index < -0.39 is 0 Å². The first-order valence-corrected chi connectivity index (χ1v) is 9.76. The Bertz CT molecular complexity index is 1040. The molecule has 2 aromatic heterocycles. The first-order chi connectivity index (χ1) is 13.4. The van der Waals surface area contributed by atoms with Crippen LogP contribution in [-0.4, -0.2) is 53.7 Å². The van der Waals surface area contributed by atoms with Crippen molar-refractivity contribution in [2.24, 2.45) is 0 Å².